The van der Waals surface area contributed by atoms with E-state index in [1.807, 2.05) is 0 Å². The molecule has 0 saturated heterocycles. The number of halogens is 2. The second kappa shape index (κ2) is 7.10. The third-order valence-electron chi connectivity index (χ3n) is 3.21. The predicted octanol–water partition coefficient (Wildman–Crippen LogP) is 4.69. The quantitative estimate of drug-likeness (QED) is 0.548. The number of methoxy groups -OCH3 is 1. The summed E-state index contributed by atoms with van der Waals surface area (Å²) in [5.41, 5.74) is 1.02. The standard InChI is InChI=1S/C15H12Br2N2O4/c1-8-12(4-3-5-13(8)19(21)22)18-15(20)10-6-9(16)7-11(17)14(10)23-2/h3-7H,1-2H3,(H,18,20). The highest BCUT2D eigenvalue weighted by Gasteiger charge is 2.19. The van der Waals surface area contributed by atoms with Crippen molar-refractivity contribution in [1.82, 2.24) is 0 Å². The Bertz CT molecular complexity index is 793. The van der Waals surface area contributed by atoms with Crippen LogP contribution in [0.5, 0.6) is 5.75 Å². The average molecular weight is 444 g/mol. The van der Waals surface area contributed by atoms with E-state index in [9.17, 15) is 14.9 Å². The highest BCUT2D eigenvalue weighted by atomic mass is 79.9. The lowest BCUT2D eigenvalue weighted by Gasteiger charge is -2.13. The van der Waals surface area contributed by atoms with E-state index in [0.717, 1.165) is 0 Å². The molecule has 120 valence electrons. The van der Waals surface area contributed by atoms with E-state index in [1.54, 1.807) is 25.1 Å². The van der Waals surface area contributed by atoms with Gasteiger partial charge in [-0.25, -0.2) is 0 Å². The average Bonchev–Trinajstić information content (AvgIpc) is 2.48. The van der Waals surface area contributed by atoms with Crippen LogP contribution in [0.1, 0.15) is 15.9 Å². The van der Waals surface area contributed by atoms with Gasteiger partial charge in [-0.2, -0.15) is 0 Å². The highest BCUT2D eigenvalue weighted by Crippen LogP contribution is 2.33. The van der Waals surface area contributed by atoms with Crippen molar-refractivity contribution in [2.24, 2.45) is 0 Å². The van der Waals surface area contributed by atoms with Crippen LogP contribution in [-0.4, -0.2) is 17.9 Å². The molecule has 0 atom stereocenters. The predicted molar refractivity (Wildman–Crippen MR) is 94.2 cm³/mol. The second-order valence-corrected chi connectivity index (χ2v) is 6.40. The van der Waals surface area contributed by atoms with Crippen LogP contribution in [0, 0.1) is 17.0 Å². The van der Waals surface area contributed by atoms with Gasteiger partial charge >= 0.3 is 0 Å². The van der Waals surface area contributed by atoms with Crippen molar-refractivity contribution in [3.8, 4) is 5.75 Å². The minimum Gasteiger partial charge on any atom is -0.495 e. The van der Waals surface area contributed by atoms with Crippen LogP contribution in [0.4, 0.5) is 11.4 Å². The molecule has 0 aliphatic rings. The number of nitrogens with one attached hydrogen (secondary N) is 1. The molecule has 23 heavy (non-hydrogen) atoms. The molecule has 6 nitrogen and oxygen atoms in total. The first kappa shape index (κ1) is 17.4. The lowest BCUT2D eigenvalue weighted by molar-refractivity contribution is -0.385. The molecule has 2 aromatic rings. The Morgan fingerprint density at radius 3 is 2.61 bits per heavy atom. The van der Waals surface area contributed by atoms with Crippen molar-refractivity contribution in [3.63, 3.8) is 0 Å². The van der Waals surface area contributed by atoms with Crippen LogP contribution in [-0.2, 0) is 0 Å². The maximum atomic E-state index is 12.5. The first-order valence-corrected chi connectivity index (χ1v) is 8.02. The fourth-order valence-electron chi connectivity index (χ4n) is 2.08. The molecule has 0 unspecified atom stereocenters. The number of carbonyl (C=O) groups is 1. The fourth-order valence-corrected chi connectivity index (χ4v) is 3.47. The maximum absolute atomic E-state index is 12.5. The van der Waals surface area contributed by atoms with Crippen molar-refractivity contribution in [2.75, 3.05) is 12.4 Å². The molecule has 0 aliphatic heterocycles. The summed E-state index contributed by atoms with van der Waals surface area (Å²) in [6.45, 7) is 1.59. The first-order valence-electron chi connectivity index (χ1n) is 6.43. The minimum atomic E-state index is -0.485. The number of nitro groups is 1. The number of hydrogen-bond donors (Lipinski definition) is 1. The maximum Gasteiger partial charge on any atom is 0.274 e. The van der Waals surface area contributed by atoms with Crippen LogP contribution in [0.25, 0.3) is 0 Å². The lowest BCUT2D eigenvalue weighted by Crippen LogP contribution is -2.14. The molecule has 0 aromatic heterocycles. The van der Waals surface area contributed by atoms with Gasteiger partial charge in [0.05, 0.1) is 33.3 Å². The fraction of sp³-hybridized carbons (Fsp3) is 0.133. The minimum absolute atomic E-state index is 0.0508. The van der Waals surface area contributed by atoms with Crippen LogP contribution in [0.3, 0.4) is 0 Å². The molecular weight excluding hydrogens is 432 g/mol. The number of rotatable bonds is 4. The van der Waals surface area contributed by atoms with Crippen LogP contribution >= 0.6 is 31.9 Å². The molecule has 1 amide bonds. The molecule has 0 fully saturated rings. The van der Waals surface area contributed by atoms with Gasteiger partial charge in [-0.15, -0.1) is 0 Å². The van der Waals surface area contributed by atoms with Crippen LogP contribution < -0.4 is 10.1 Å². The number of anilines is 1. The van der Waals surface area contributed by atoms with Gasteiger partial charge in [0.15, 0.2) is 0 Å². The number of ether oxygens (including phenoxy) is 1. The largest absolute Gasteiger partial charge is 0.495 e. The summed E-state index contributed by atoms with van der Waals surface area (Å²) in [6.07, 6.45) is 0. The van der Waals surface area contributed by atoms with Crippen molar-refractivity contribution in [1.29, 1.82) is 0 Å². The Morgan fingerprint density at radius 1 is 1.30 bits per heavy atom. The Labute approximate surface area is 149 Å². The van der Waals surface area contributed by atoms with Crippen molar-refractivity contribution in [3.05, 3.63) is 60.5 Å². The molecule has 0 radical (unpaired) electrons. The number of nitrogens with zero attached hydrogens (tertiary/aromatic N) is 1. The zero-order valence-corrected chi connectivity index (χ0v) is 15.4. The topological polar surface area (TPSA) is 81.5 Å². The van der Waals surface area contributed by atoms with Crippen molar-refractivity contribution < 1.29 is 14.5 Å². The molecule has 0 bridgehead atoms. The smallest absolute Gasteiger partial charge is 0.274 e. The molecular formula is C15H12Br2N2O4. The monoisotopic (exact) mass is 442 g/mol. The van der Waals surface area contributed by atoms with Gasteiger partial charge in [-0.1, -0.05) is 22.0 Å². The third-order valence-corrected chi connectivity index (χ3v) is 4.25. The molecule has 2 aromatic carbocycles. The Hall–Kier alpha value is -1.93. The third kappa shape index (κ3) is 3.70. The summed E-state index contributed by atoms with van der Waals surface area (Å²) >= 11 is 6.65. The van der Waals surface area contributed by atoms with E-state index in [2.05, 4.69) is 37.2 Å². The summed E-state index contributed by atoms with van der Waals surface area (Å²) in [4.78, 5) is 23.0. The Balaban J connectivity index is 2.41. The number of amides is 1. The van der Waals surface area contributed by atoms with Gasteiger partial charge < -0.3 is 10.1 Å². The van der Waals surface area contributed by atoms with Gasteiger partial charge in [-0.3, -0.25) is 14.9 Å². The summed E-state index contributed by atoms with van der Waals surface area (Å²) in [5, 5.41) is 13.7. The van der Waals surface area contributed by atoms with Crippen LogP contribution in [0.15, 0.2) is 39.3 Å². The van der Waals surface area contributed by atoms with Gasteiger partial charge in [0.2, 0.25) is 0 Å². The SMILES string of the molecule is COc1c(Br)cc(Br)cc1C(=O)Nc1cccc([N+](=O)[O-])c1C. The first-order chi connectivity index (χ1) is 10.8. The normalized spacial score (nSPS) is 10.3. The summed E-state index contributed by atoms with van der Waals surface area (Å²) < 4.78 is 6.57. The summed E-state index contributed by atoms with van der Waals surface area (Å²) in [7, 11) is 1.46. The van der Waals surface area contributed by atoms with Gasteiger partial charge in [0, 0.05) is 10.5 Å². The summed E-state index contributed by atoms with van der Waals surface area (Å²) in [5.74, 6) is -0.0405. The van der Waals surface area contributed by atoms with Gasteiger partial charge in [-0.05, 0) is 41.1 Å². The van der Waals surface area contributed by atoms with E-state index in [4.69, 9.17) is 4.74 Å². The van der Waals surface area contributed by atoms with E-state index in [0.29, 0.717) is 31.5 Å². The zero-order chi connectivity index (χ0) is 17.1. The van der Waals surface area contributed by atoms with Gasteiger partial charge in [0.25, 0.3) is 11.6 Å². The second-order valence-electron chi connectivity index (χ2n) is 4.63. The summed E-state index contributed by atoms with van der Waals surface area (Å²) in [6, 6.07) is 7.90. The molecule has 0 heterocycles. The molecule has 0 spiro atoms. The Morgan fingerprint density at radius 2 is 2.00 bits per heavy atom. The molecule has 0 saturated carbocycles. The van der Waals surface area contributed by atoms with E-state index in [1.165, 1.54) is 19.2 Å². The number of nitro benzene ring substituents is 1. The number of hydrogen-bond acceptors (Lipinski definition) is 4. The van der Waals surface area contributed by atoms with Crippen molar-refractivity contribution in [2.45, 2.75) is 6.92 Å². The Kier molecular flexibility index (Phi) is 5.38. The van der Waals surface area contributed by atoms with E-state index in [-0.39, 0.29) is 5.69 Å². The molecule has 8 heteroatoms. The lowest BCUT2D eigenvalue weighted by atomic mass is 10.1. The number of carbonyl (C=O) groups excluding carboxylic acids is 1. The van der Waals surface area contributed by atoms with Crippen molar-refractivity contribution >= 4 is 49.1 Å². The molecule has 0 aliphatic carbocycles. The molecule has 1 N–H and O–H groups in total. The highest BCUT2D eigenvalue weighted by molar-refractivity contribution is 9.11. The van der Waals surface area contributed by atoms with Gasteiger partial charge in [0.1, 0.15) is 5.75 Å². The van der Waals surface area contributed by atoms with E-state index < -0.39 is 10.8 Å². The van der Waals surface area contributed by atoms with E-state index >= 15 is 0 Å². The van der Waals surface area contributed by atoms with Crippen LogP contribution in [0.2, 0.25) is 0 Å². The zero-order valence-electron chi connectivity index (χ0n) is 12.2. The number of benzene rings is 2. The molecule has 2 rings (SSSR count).